The number of anilines is 1. The van der Waals surface area contributed by atoms with Crippen LogP contribution in [0.5, 0.6) is 0 Å². The molecular weight excluding hydrogens is 191 g/mol. The van der Waals surface area contributed by atoms with E-state index in [1.54, 1.807) is 0 Å². The van der Waals surface area contributed by atoms with Crippen molar-refractivity contribution in [3.8, 4) is 12.3 Å². The third kappa shape index (κ3) is 2.19. The van der Waals surface area contributed by atoms with E-state index in [0.29, 0.717) is 5.69 Å². The van der Waals surface area contributed by atoms with Gasteiger partial charge in [0.25, 0.3) is 0 Å². The number of alkyl halides is 3. The Morgan fingerprint density at radius 3 is 2.36 bits per heavy atom. The monoisotopic (exact) mass is 199 g/mol. The van der Waals surface area contributed by atoms with E-state index >= 15 is 0 Å². The predicted octanol–water partition coefficient (Wildman–Crippen LogP) is 2.73. The fraction of sp³-hybridized carbons (Fsp3) is 0.200. The number of halogens is 3. The van der Waals surface area contributed by atoms with Crippen molar-refractivity contribution in [2.24, 2.45) is 0 Å². The Morgan fingerprint density at radius 2 is 1.93 bits per heavy atom. The Kier molecular flexibility index (Phi) is 2.70. The highest BCUT2D eigenvalue weighted by Gasteiger charge is 2.30. The molecule has 0 saturated heterocycles. The van der Waals surface area contributed by atoms with Crippen molar-refractivity contribution in [3.63, 3.8) is 0 Å². The number of nitrogens with one attached hydrogen (secondary N) is 1. The molecule has 1 N–H and O–H groups in total. The van der Waals surface area contributed by atoms with Gasteiger partial charge >= 0.3 is 6.18 Å². The van der Waals surface area contributed by atoms with Gasteiger partial charge in [-0.05, 0) is 18.2 Å². The van der Waals surface area contributed by atoms with E-state index in [0.717, 1.165) is 12.1 Å². The molecule has 0 aliphatic heterocycles. The van der Waals surface area contributed by atoms with E-state index in [9.17, 15) is 13.2 Å². The van der Waals surface area contributed by atoms with E-state index in [4.69, 9.17) is 6.42 Å². The van der Waals surface area contributed by atoms with E-state index in [1.807, 2.05) is 0 Å². The summed E-state index contributed by atoms with van der Waals surface area (Å²) in [5, 5.41) is 2.62. The van der Waals surface area contributed by atoms with Crippen LogP contribution in [0.4, 0.5) is 18.9 Å². The van der Waals surface area contributed by atoms with Crippen LogP contribution in [0.3, 0.4) is 0 Å². The third-order valence-corrected chi connectivity index (χ3v) is 1.72. The normalized spacial score (nSPS) is 10.8. The first-order chi connectivity index (χ1) is 6.47. The smallest absolute Gasteiger partial charge is 0.388 e. The molecule has 0 saturated carbocycles. The van der Waals surface area contributed by atoms with Gasteiger partial charge in [0.15, 0.2) is 0 Å². The van der Waals surface area contributed by atoms with Crippen LogP contribution in [-0.2, 0) is 6.18 Å². The number of terminal acetylenes is 1. The maximum absolute atomic E-state index is 12.3. The Balaban J connectivity index is 3.26. The minimum atomic E-state index is -4.36. The Morgan fingerprint density at radius 1 is 1.29 bits per heavy atom. The van der Waals surface area contributed by atoms with Crippen molar-refractivity contribution in [1.29, 1.82) is 0 Å². The molecule has 0 amide bonds. The van der Waals surface area contributed by atoms with Gasteiger partial charge < -0.3 is 5.32 Å². The second-order valence-electron chi connectivity index (χ2n) is 2.69. The van der Waals surface area contributed by atoms with Crippen LogP contribution in [0.1, 0.15) is 11.1 Å². The zero-order chi connectivity index (χ0) is 10.8. The molecule has 0 unspecified atom stereocenters. The predicted molar refractivity (Wildman–Crippen MR) is 48.9 cm³/mol. The third-order valence-electron chi connectivity index (χ3n) is 1.72. The van der Waals surface area contributed by atoms with Crippen LogP contribution in [0.2, 0.25) is 0 Å². The van der Waals surface area contributed by atoms with Gasteiger partial charge in [0.2, 0.25) is 0 Å². The van der Waals surface area contributed by atoms with Crippen molar-refractivity contribution >= 4 is 5.69 Å². The van der Waals surface area contributed by atoms with E-state index < -0.39 is 11.7 Å². The first-order valence-corrected chi connectivity index (χ1v) is 3.84. The standard InChI is InChI=1S/C10H8F3N/c1-3-7-4-8(10(11,12)13)6-9(5-7)14-2/h1,4-6,14H,2H3. The molecule has 74 valence electrons. The average molecular weight is 199 g/mol. The zero-order valence-electron chi connectivity index (χ0n) is 7.44. The molecule has 0 radical (unpaired) electrons. The first-order valence-electron chi connectivity index (χ1n) is 3.84. The summed E-state index contributed by atoms with van der Waals surface area (Å²) in [7, 11) is 1.54. The second kappa shape index (κ2) is 3.62. The fourth-order valence-corrected chi connectivity index (χ4v) is 1.02. The summed E-state index contributed by atoms with van der Waals surface area (Å²) in [5.41, 5.74) is -0.172. The first kappa shape index (κ1) is 10.5. The highest BCUT2D eigenvalue weighted by molar-refractivity contribution is 5.53. The van der Waals surface area contributed by atoms with Crippen LogP contribution < -0.4 is 5.32 Å². The zero-order valence-corrected chi connectivity index (χ0v) is 7.44. The van der Waals surface area contributed by atoms with Crippen LogP contribution in [-0.4, -0.2) is 7.05 Å². The van der Waals surface area contributed by atoms with Gasteiger partial charge in [-0.1, -0.05) is 5.92 Å². The SMILES string of the molecule is C#Cc1cc(NC)cc(C(F)(F)F)c1. The Hall–Kier alpha value is -1.63. The van der Waals surface area contributed by atoms with E-state index in [1.165, 1.54) is 13.1 Å². The van der Waals surface area contributed by atoms with Crippen molar-refractivity contribution in [2.75, 3.05) is 12.4 Å². The fourth-order valence-electron chi connectivity index (χ4n) is 1.02. The van der Waals surface area contributed by atoms with Gasteiger partial charge in [0, 0.05) is 18.3 Å². The lowest BCUT2D eigenvalue weighted by molar-refractivity contribution is -0.137. The minimum Gasteiger partial charge on any atom is -0.388 e. The minimum absolute atomic E-state index is 0.212. The van der Waals surface area contributed by atoms with E-state index in [-0.39, 0.29) is 5.56 Å². The lowest BCUT2D eigenvalue weighted by Gasteiger charge is -2.09. The van der Waals surface area contributed by atoms with Crippen molar-refractivity contribution in [2.45, 2.75) is 6.18 Å². The molecule has 0 aliphatic carbocycles. The molecule has 4 heteroatoms. The quantitative estimate of drug-likeness (QED) is 0.686. The summed E-state index contributed by atoms with van der Waals surface area (Å²) in [6, 6.07) is 3.44. The summed E-state index contributed by atoms with van der Waals surface area (Å²) in [6.45, 7) is 0. The summed E-state index contributed by atoms with van der Waals surface area (Å²) in [6.07, 6.45) is 0.678. The highest BCUT2D eigenvalue weighted by atomic mass is 19.4. The number of hydrogen-bond acceptors (Lipinski definition) is 1. The van der Waals surface area contributed by atoms with Gasteiger partial charge in [-0.15, -0.1) is 6.42 Å². The Bertz CT molecular complexity index is 374. The lowest BCUT2D eigenvalue weighted by Crippen LogP contribution is -2.06. The largest absolute Gasteiger partial charge is 0.416 e. The molecule has 1 aromatic carbocycles. The molecule has 0 spiro atoms. The van der Waals surface area contributed by atoms with Crippen LogP contribution in [0.15, 0.2) is 18.2 Å². The van der Waals surface area contributed by atoms with Gasteiger partial charge in [-0.3, -0.25) is 0 Å². The van der Waals surface area contributed by atoms with Crippen molar-refractivity contribution in [1.82, 2.24) is 0 Å². The highest BCUT2D eigenvalue weighted by Crippen LogP contribution is 2.31. The van der Waals surface area contributed by atoms with Crippen molar-refractivity contribution in [3.05, 3.63) is 29.3 Å². The number of benzene rings is 1. The molecule has 0 atom stereocenters. The van der Waals surface area contributed by atoms with Crippen LogP contribution in [0.25, 0.3) is 0 Å². The molecule has 0 aliphatic rings. The second-order valence-corrected chi connectivity index (χ2v) is 2.69. The van der Waals surface area contributed by atoms with Crippen LogP contribution >= 0.6 is 0 Å². The summed E-state index contributed by atoms with van der Waals surface area (Å²) in [4.78, 5) is 0. The van der Waals surface area contributed by atoms with Gasteiger partial charge in [-0.2, -0.15) is 13.2 Å². The van der Waals surface area contributed by atoms with Crippen LogP contribution in [0, 0.1) is 12.3 Å². The molecule has 1 nitrogen and oxygen atoms in total. The number of rotatable bonds is 1. The van der Waals surface area contributed by atoms with Crippen molar-refractivity contribution < 1.29 is 13.2 Å². The van der Waals surface area contributed by atoms with Gasteiger partial charge in [0.1, 0.15) is 0 Å². The molecular formula is C10H8F3N. The summed E-state index contributed by atoms with van der Waals surface area (Å²) < 4.78 is 37.0. The molecule has 0 aromatic heterocycles. The molecule has 0 bridgehead atoms. The van der Waals surface area contributed by atoms with E-state index in [2.05, 4.69) is 11.2 Å². The summed E-state index contributed by atoms with van der Waals surface area (Å²) in [5.74, 6) is 2.17. The lowest BCUT2D eigenvalue weighted by atomic mass is 10.1. The Labute approximate surface area is 79.9 Å². The molecule has 1 aromatic rings. The topological polar surface area (TPSA) is 12.0 Å². The molecule has 14 heavy (non-hydrogen) atoms. The molecule has 1 rings (SSSR count). The summed E-state index contributed by atoms with van der Waals surface area (Å²) >= 11 is 0. The number of hydrogen-bond donors (Lipinski definition) is 1. The molecule has 0 heterocycles. The maximum atomic E-state index is 12.3. The maximum Gasteiger partial charge on any atom is 0.416 e. The van der Waals surface area contributed by atoms with Gasteiger partial charge in [-0.25, -0.2) is 0 Å². The van der Waals surface area contributed by atoms with Gasteiger partial charge in [0.05, 0.1) is 5.56 Å². The molecule has 0 fully saturated rings. The average Bonchev–Trinajstić information content (AvgIpc) is 2.15.